The Morgan fingerprint density at radius 1 is 0.964 bits per heavy atom. The first-order valence-electron chi connectivity index (χ1n) is 9.58. The molecule has 0 saturated carbocycles. The van der Waals surface area contributed by atoms with Crippen LogP contribution in [0.5, 0.6) is 5.75 Å². The molecule has 1 aliphatic rings. The van der Waals surface area contributed by atoms with Gasteiger partial charge >= 0.3 is 6.03 Å². The Morgan fingerprint density at radius 2 is 1.61 bits per heavy atom. The lowest BCUT2D eigenvalue weighted by molar-refractivity contribution is 0.101. The van der Waals surface area contributed by atoms with Crippen LogP contribution in [-0.2, 0) is 6.42 Å². The lowest BCUT2D eigenvalue weighted by atomic mass is 10.1. The molecule has 3 rings (SSSR count). The summed E-state index contributed by atoms with van der Waals surface area (Å²) in [5.41, 5.74) is 2.98. The van der Waals surface area contributed by atoms with E-state index in [4.69, 9.17) is 4.74 Å². The van der Waals surface area contributed by atoms with Gasteiger partial charge in [0.1, 0.15) is 5.75 Å². The second kappa shape index (κ2) is 9.26. The third-order valence-electron chi connectivity index (χ3n) is 5.05. The van der Waals surface area contributed by atoms with Gasteiger partial charge in [-0.15, -0.1) is 0 Å². The number of amides is 2. The van der Waals surface area contributed by atoms with E-state index in [2.05, 4.69) is 10.2 Å². The topological polar surface area (TPSA) is 61.9 Å². The number of benzene rings is 2. The molecule has 1 heterocycles. The number of hydrogen-bond acceptors (Lipinski definition) is 4. The molecule has 148 valence electrons. The molecule has 1 saturated heterocycles. The summed E-state index contributed by atoms with van der Waals surface area (Å²) in [7, 11) is 1.65. The lowest BCUT2D eigenvalue weighted by Crippen LogP contribution is -2.52. The van der Waals surface area contributed by atoms with Crippen LogP contribution in [0.1, 0.15) is 22.8 Å². The number of hydrogen-bond donors (Lipinski definition) is 1. The zero-order chi connectivity index (χ0) is 19.9. The van der Waals surface area contributed by atoms with Gasteiger partial charge in [-0.3, -0.25) is 4.79 Å². The number of anilines is 1. The highest BCUT2D eigenvalue weighted by molar-refractivity contribution is 5.94. The highest BCUT2D eigenvalue weighted by Gasteiger charge is 2.21. The van der Waals surface area contributed by atoms with Crippen molar-refractivity contribution in [2.75, 3.05) is 44.7 Å². The van der Waals surface area contributed by atoms with Crippen LogP contribution >= 0.6 is 0 Å². The Hall–Kier alpha value is -3.02. The SMILES string of the molecule is COc1ccc(CCNC(=O)N2CCN(c3ccc(C(C)=O)cc3)CC2)cc1. The van der Waals surface area contributed by atoms with Gasteiger partial charge in [0, 0.05) is 44.0 Å². The smallest absolute Gasteiger partial charge is 0.317 e. The minimum atomic E-state index is -0.0138. The summed E-state index contributed by atoms with van der Waals surface area (Å²) in [5.74, 6) is 0.907. The number of piperazine rings is 1. The molecule has 2 amide bonds. The van der Waals surface area contributed by atoms with Crippen molar-refractivity contribution in [1.29, 1.82) is 0 Å². The standard InChI is InChI=1S/C22H27N3O3/c1-17(26)19-5-7-20(8-6-19)24-13-15-25(16-14-24)22(27)23-12-11-18-3-9-21(28-2)10-4-18/h3-10H,11-16H2,1-2H3,(H,23,27). The number of methoxy groups -OCH3 is 1. The van der Waals surface area contributed by atoms with E-state index < -0.39 is 0 Å². The highest BCUT2D eigenvalue weighted by Crippen LogP contribution is 2.18. The maximum absolute atomic E-state index is 12.4. The fraction of sp³-hybridized carbons (Fsp3) is 0.364. The molecule has 0 aromatic heterocycles. The number of ether oxygens (including phenoxy) is 1. The van der Waals surface area contributed by atoms with Crippen LogP contribution in [0.3, 0.4) is 0 Å². The zero-order valence-electron chi connectivity index (χ0n) is 16.5. The van der Waals surface area contributed by atoms with Gasteiger partial charge in [-0.05, 0) is 55.3 Å². The summed E-state index contributed by atoms with van der Waals surface area (Å²) in [5, 5.41) is 3.00. The first-order chi connectivity index (χ1) is 13.6. The summed E-state index contributed by atoms with van der Waals surface area (Å²) in [6.07, 6.45) is 0.790. The van der Waals surface area contributed by atoms with E-state index in [0.717, 1.165) is 36.5 Å². The molecule has 1 N–H and O–H groups in total. The molecular formula is C22H27N3O3. The molecule has 6 nitrogen and oxygen atoms in total. The van der Waals surface area contributed by atoms with E-state index in [1.807, 2.05) is 53.4 Å². The minimum Gasteiger partial charge on any atom is -0.497 e. The number of Topliss-reactive ketones (excluding diaryl/α,β-unsaturated/α-hetero) is 1. The lowest BCUT2D eigenvalue weighted by Gasteiger charge is -2.36. The predicted octanol–water partition coefficient (Wildman–Crippen LogP) is 2.97. The van der Waals surface area contributed by atoms with Crippen molar-refractivity contribution >= 4 is 17.5 Å². The van der Waals surface area contributed by atoms with Crippen LogP contribution in [0, 0.1) is 0 Å². The third-order valence-corrected chi connectivity index (χ3v) is 5.05. The maximum Gasteiger partial charge on any atom is 0.317 e. The molecular weight excluding hydrogens is 354 g/mol. The summed E-state index contributed by atoms with van der Waals surface area (Å²) in [4.78, 5) is 27.9. The molecule has 0 unspecified atom stereocenters. The van der Waals surface area contributed by atoms with Gasteiger partial charge in [-0.1, -0.05) is 12.1 Å². The van der Waals surface area contributed by atoms with Crippen LogP contribution in [0.15, 0.2) is 48.5 Å². The summed E-state index contributed by atoms with van der Waals surface area (Å²) < 4.78 is 5.15. The molecule has 0 atom stereocenters. The molecule has 0 radical (unpaired) electrons. The van der Waals surface area contributed by atoms with Gasteiger partial charge in [-0.2, -0.15) is 0 Å². The van der Waals surface area contributed by atoms with Crippen LogP contribution in [-0.4, -0.2) is 56.5 Å². The molecule has 6 heteroatoms. The van der Waals surface area contributed by atoms with Gasteiger partial charge in [0.05, 0.1) is 7.11 Å². The second-order valence-corrected chi connectivity index (χ2v) is 6.91. The number of rotatable bonds is 6. The van der Waals surface area contributed by atoms with Gasteiger partial charge < -0.3 is 19.9 Å². The summed E-state index contributed by atoms with van der Waals surface area (Å²) in [6.45, 7) is 5.11. The first-order valence-corrected chi connectivity index (χ1v) is 9.58. The molecule has 1 aliphatic heterocycles. The van der Waals surface area contributed by atoms with Crippen molar-refractivity contribution in [3.63, 3.8) is 0 Å². The first kappa shape index (κ1) is 19.7. The van der Waals surface area contributed by atoms with Gasteiger partial charge in [0.2, 0.25) is 0 Å². The largest absolute Gasteiger partial charge is 0.497 e. The molecule has 28 heavy (non-hydrogen) atoms. The van der Waals surface area contributed by atoms with Crippen molar-refractivity contribution in [2.45, 2.75) is 13.3 Å². The number of urea groups is 1. The average molecular weight is 381 g/mol. The van der Waals surface area contributed by atoms with Crippen LogP contribution in [0.2, 0.25) is 0 Å². The normalized spacial score (nSPS) is 13.9. The quantitative estimate of drug-likeness (QED) is 0.782. The molecule has 0 bridgehead atoms. The summed E-state index contributed by atoms with van der Waals surface area (Å²) in [6, 6.07) is 15.5. The van der Waals surface area contributed by atoms with E-state index in [1.54, 1.807) is 14.0 Å². The number of nitrogens with one attached hydrogen (secondary N) is 1. The Balaban J connectivity index is 1.42. The predicted molar refractivity (Wildman–Crippen MR) is 110 cm³/mol. The molecule has 2 aromatic carbocycles. The Labute approximate surface area is 166 Å². The Kier molecular flexibility index (Phi) is 6.53. The van der Waals surface area contributed by atoms with Crippen LogP contribution in [0.25, 0.3) is 0 Å². The van der Waals surface area contributed by atoms with Crippen LogP contribution in [0.4, 0.5) is 10.5 Å². The third kappa shape index (κ3) is 5.03. The molecule has 1 fully saturated rings. The molecule has 2 aromatic rings. The van der Waals surface area contributed by atoms with E-state index in [9.17, 15) is 9.59 Å². The van der Waals surface area contributed by atoms with Gasteiger partial charge in [0.25, 0.3) is 0 Å². The number of nitrogens with zero attached hydrogens (tertiary/aromatic N) is 2. The van der Waals surface area contributed by atoms with E-state index >= 15 is 0 Å². The Bertz CT molecular complexity index is 795. The monoisotopic (exact) mass is 381 g/mol. The Morgan fingerprint density at radius 3 is 2.18 bits per heavy atom. The van der Waals surface area contributed by atoms with Crippen molar-refractivity contribution in [3.05, 3.63) is 59.7 Å². The number of ketones is 1. The fourth-order valence-electron chi connectivity index (χ4n) is 3.29. The van der Waals surface area contributed by atoms with E-state index in [-0.39, 0.29) is 11.8 Å². The van der Waals surface area contributed by atoms with Gasteiger partial charge in [0.15, 0.2) is 5.78 Å². The van der Waals surface area contributed by atoms with Crippen LogP contribution < -0.4 is 15.0 Å². The van der Waals surface area contributed by atoms with Crippen molar-refractivity contribution < 1.29 is 14.3 Å². The van der Waals surface area contributed by atoms with Crippen molar-refractivity contribution in [3.8, 4) is 5.75 Å². The highest BCUT2D eigenvalue weighted by atomic mass is 16.5. The minimum absolute atomic E-state index is 0.0138. The average Bonchev–Trinajstić information content (AvgIpc) is 2.74. The fourth-order valence-corrected chi connectivity index (χ4v) is 3.29. The van der Waals surface area contributed by atoms with Crippen molar-refractivity contribution in [2.24, 2.45) is 0 Å². The van der Waals surface area contributed by atoms with E-state index in [1.165, 1.54) is 5.56 Å². The summed E-state index contributed by atoms with van der Waals surface area (Å²) >= 11 is 0. The molecule has 0 spiro atoms. The molecule has 0 aliphatic carbocycles. The maximum atomic E-state index is 12.4. The van der Waals surface area contributed by atoms with E-state index in [0.29, 0.717) is 19.6 Å². The second-order valence-electron chi connectivity index (χ2n) is 6.91. The van der Waals surface area contributed by atoms with Gasteiger partial charge in [-0.25, -0.2) is 4.79 Å². The van der Waals surface area contributed by atoms with Crippen molar-refractivity contribution in [1.82, 2.24) is 10.2 Å². The number of carbonyl (C=O) groups excluding carboxylic acids is 2. The zero-order valence-corrected chi connectivity index (χ0v) is 16.5. The number of carbonyl (C=O) groups is 2.